The molecule has 1 aromatic heterocycles. The zero-order chi connectivity index (χ0) is 26.2. The Morgan fingerprint density at radius 3 is 2.64 bits per heavy atom. The van der Waals surface area contributed by atoms with Gasteiger partial charge in [-0.15, -0.1) is 0 Å². The van der Waals surface area contributed by atoms with E-state index in [1.54, 1.807) is 38.1 Å². The van der Waals surface area contributed by atoms with Crippen molar-refractivity contribution in [1.29, 1.82) is 0 Å². The molecule has 0 saturated carbocycles. The fourth-order valence-electron chi connectivity index (χ4n) is 3.22. The van der Waals surface area contributed by atoms with E-state index in [0.717, 1.165) is 11.8 Å². The average molecular weight is 575 g/mol. The standard InChI is InChI=1S/C25H24BrFN4O4S/c1-15(31(14-33)13-17-12-29-16(2)30-24(17)28)22(10-11-32)36-25(34)23-19(27)7-5-9-21(23)35-20-8-4-3-6-18(20)26/h3-9,12,14,32H,10-11,13H2,1-2H3,(H2,28,29,30). The molecule has 1 amide bonds. The van der Waals surface area contributed by atoms with Crippen molar-refractivity contribution in [2.75, 3.05) is 12.3 Å². The summed E-state index contributed by atoms with van der Waals surface area (Å²) < 4.78 is 21.3. The van der Waals surface area contributed by atoms with Gasteiger partial charge in [0, 0.05) is 35.4 Å². The van der Waals surface area contributed by atoms with E-state index in [4.69, 9.17) is 10.5 Å². The smallest absolute Gasteiger partial charge is 0.230 e. The van der Waals surface area contributed by atoms with Crippen LogP contribution in [0.4, 0.5) is 10.2 Å². The zero-order valence-electron chi connectivity index (χ0n) is 19.6. The molecule has 0 spiro atoms. The Bertz CT molecular complexity index is 1300. The van der Waals surface area contributed by atoms with Crippen LogP contribution in [-0.2, 0) is 11.3 Å². The molecule has 11 heteroatoms. The summed E-state index contributed by atoms with van der Waals surface area (Å²) in [7, 11) is 0. The van der Waals surface area contributed by atoms with Crippen molar-refractivity contribution in [1.82, 2.24) is 14.9 Å². The van der Waals surface area contributed by atoms with Crippen molar-refractivity contribution in [2.24, 2.45) is 0 Å². The minimum absolute atomic E-state index is 0.0391. The first kappa shape index (κ1) is 27.3. The quantitative estimate of drug-likeness (QED) is 0.317. The Labute approximate surface area is 220 Å². The lowest BCUT2D eigenvalue weighted by Crippen LogP contribution is -2.22. The van der Waals surface area contributed by atoms with E-state index in [0.29, 0.717) is 38.6 Å². The molecule has 188 valence electrons. The Kier molecular flexibility index (Phi) is 9.57. The van der Waals surface area contributed by atoms with Crippen LogP contribution in [0, 0.1) is 12.7 Å². The van der Waals surface area contributed by atoms with E-state index < -0.39 is 10.9 Å². The molecule has 0 radical (unpaired) electrons. The third-order valence-electron chi connectivity index (χ3n) is 5.11. The third kappa shape index (κ3) is 6.68. The lowest BCUT2D eigenvalue weighted by molar-refractivity contribution is -0.116. The molecule has 0 aliphatic carbocycles. The van der Waals surface area contributed by atoms with Crippen LogP contribution in [0.5, 0.6) is 11.5 Å². The van der Waals surface area contributed by atoms with Gasteiger partial charge in [0.2, 0.25) is 11.5 Å². The Balaban J connectivity index is 1.92. The van der Waals surface area contributed by atoms with Crippen molar-refractivity contribution in [3.63, 3.8) is 0 Å². The number of nitrogen functional groups attached to an aromatic ring is 1. The van der Waals surface area contributed by atoms with Gasteiger partial charge in [-0.25, -0.2) is 14.4 Å². The van der Waals surface area contributed by atoms with Gasteiger partial charge in [-0.1, -0.05) is 18.2 Å². The van der Waals surface area contributed by atoms with Crippen molar-refractivity contribution < 1.29 is 23.8 Å². The number of aryl methyl sites for hydroxylation is 1. The van der Waals surface area contributed by atoms with E-state index in [9.17, 15) is 19.1 Å². The number of hydrogen-bond donors (Lipinski definition) is 2. The highest BCUT2D eigenvalue weighted by Crippen LogP contribution is 2.36. The van der Waals surface area contributed by atoms with Gasteiger partial charge in [-0.2, -0.15) is 0 Å². The number of allylic oxidation sites excluding steroid dienone is 1. The number of benzene rings is 2. The topological polar surface area (TPSA) is 119 Å². The number of anilines is 1. The van der Waals surface area contributed by atoms with Crippen LogP contribution in [0.3, 0.4) is 0 Å². The number of aromatic nitrogens is 2. The Morgan fingerprint density at radius 1 is 1.25 bits per heavy atom. The molecule has 0 fully saturated rings. The zero-order valence-corrected chi connectivity index (χ0v) is 22.0. The minimum Gasteiger partial charge on any atom is -0.455 e. The van der Waals surface area contributed by atoms with E-state index in [2.05, 4.69) is 25.9 Å². The normalized spacial score (nSPS) is 11.6. The maximum absolute atomic E-state index is 14.8. The van der Waals surface area contributed by atoms with E-state index in [1.807, 2.05) is 0 Å². The van der Waals surface area contributed by atoms with Crippen molar-refractivity contribution in [3.05, 3.63) is 86.5 Å². The number of halogens is 2. The second-order valence-corrected chi connectivity index (χ2v) is 9.50. The third-order valence-corrected chi connectivity index (χ3v) is 6.90. The molecule has 0 unspecified atom stereocenters. The summed E-state index contributed by atoms with van der Waals surface area (Å²) in [6, 6.07) is 11.1. The van der Waals surface area contributed by atoms with Crippen molar-refractivity contribution in [3.8, 4) is 11.5 Å². The molecule has 0 bridgehead atoms. The first-order chi connectivity index (χ1) is 17.2. The van der Waals surface area contributed by atoms with Gasteiger partial charge in [0.15, 0.2) is 0 Å². The van der Waals surface area contributed by atoms with Gasteiger partial charge in [0.25, 0.3) is 0 Å². The van der Waals surface area contributed by atoms with Crippen LogP contribution >= 0.6 is 27.7 Å². The number of carbonyl (C=O) groups is 2. The summed E-state index contributed by atoms with van der Waals surface area (Å²) in [4.78, 5) is 35.1. The molecule has 8 nitrogen and oxygen atoms in total. The fraction of sp³-hybridized carbons (Fsp3) is 0.200. The van der Waals surface area contributed by atoms with Gasteiger partial charge in [0.1, 0.15) is 34.5 Å². The van der Waals surface area contributed by atoms with E-state index in [-0.39, 0.29) is 36.7 Å². The molecule has 0 aliphatic rings. The van der Waals surface area contributed by atoms with Crippen molar-refractivity contribution in [2.45, 2.75) is 26.8 Å². The second-order valence-electron chi connectivity index (χ2n) is 7.58. The van der Waals surface area contributed by atoms with Crippen molar-refractivity contribution >= 4 is 45.0 Å². The molecule has 0 atom stereocenters. The van der Waals surface area contributed by atoms with Crippen LogP contribution < -0.4 is 10.5 Å². The summed E-state index contributed by atoms with van der Waals surface area (Å²) in [5.74, 6) is 0.421. The van der Waals surface area contributed by atoms with Crippen LogP contribution in [-0.4, -0.2) is 38.1 Å². The average Bonchev–Trinajstić information content (AvgIpc) is 2.84. The van der Waals surface area contributed by atoms with Gasteiger partial charge in [-0.3, -0.25) is 9.59 Å². The highest BCUT2D eigenvalue weighted by atomic mass is 79.9. The monoisotopic (exact) mass is 574 g/mol. The first-order valence-electron chi connectivity index (χ1n) is 10.8. The number of nitrogens with two attached hydrogens (primary N) is 1. The summed E-state index contributed by atoms with van der Waals surface area (Å²) in [6.07, 6.45) is 2.18. The molecule has 3 N–H and O–H groups in total. The molecule has 3 aromatic rings. The van der Waals surface area contributed by atoms with Gasteiger partial charge in [-0.05, 0) is 65.8 Å². The highest BCUT2D eigenvalue weighted by Gasteiger charge is 2.23. The van der Waals surface area contributed by atoms with E-state index in [1.165, 1.54) is 29.3 Å². The predicted octanol–water partition coefficient (Wildman–Crippen LogP) is 5.21. The molecule has 0 aliphatic heterocycles. The molecular formula is C25H24BrFN4O4S. The van der Waals surface area contributed by atoms with Crippen LogP contribution in [0.25, 0.3) is 0 Å². The lowest BCUT2D eigenvalue weighted by Gasteiger charge is -2.22. The maximum Gasteiger partial charge on any atom is 0.230 e. The summed E-state index contributed by atoms with van der Waals surface area (Å²) in [5, 5.41) is 8.98. The predicted molar refractivity (Wildman–Crippen MR) is 140 cm³/mol. The number of rotatable bonds is 10. The summed E-state index contributed by atoms with van der Waals surface area (Å²) in [5.41, 5.74) is 6.62. The SMILES string of the molecule is CC(=C(CCO)SC(=O)c1c(F)cccc1Oc1ccccc1Br)N(C=O)Cc1cnc(C)nc1N. The number of ether oxygens (including phenoxy) is 1. The molecular weight excluding hydrogens is 551 g/mol. The number of hydrogen-bond acceptors (Lipinski definition) is 8. The van der Waals surface area contributed by atoms with Gasteiger partial charge < -0.3 is 20.5 Å². The summed E-state index contributed by atoms with van der Waals surface area (Å²) in [6.45, 7) is 3.10. The fourth-order valence-corrected chi connectivity index (χ4v) is 4.56. The van der Waals surface area contributed by atoms with Crippen LogP contribution in [0.1, 0.15) is 35.1 Å². The van der Waals surface area contributed by atoms with Crippen LogP contribution in [0.2, 0.25) is 0 Å². The number of aliphatic hydroxyl groups excluding tert-OH is 1. The molecule has 0 saturated heterocycles. The number of para-hydroxylation sites is 1. The van der Waals surface area contributed by atoms with Gasteiger partial charge in [0.05, 0.1) is 11.0 Å². The minimum atomic E-state index is -0.755. The molecule has 2 aromatic carbocycles. The Morgan fingerprint density at radius 2 is 1.97 bits per heavy atom. The molecule has 1 heterocycles. The highest BCUT2D eigenvalue weighted by molar-refractivity contribution is 9.10. The first-order valence-corrected chi connectivity index (χ1v) is 12.4. The molecule has 36 heavy (non-hydrogen) atoms. The second kappa shape index (κ2) is 12.6. The Hall–Kier alpha value is -3.28. The van der Waals surface area contributed by atoms with Crippen LogP contribution in [0.15, 0.2) is 63.7 Å². The number of amides is 1. The number of carbonyl (C=O) groups excluding carboxylic acids is 2. The lowest BCUT2D eigenvalue weighted by atomic mass is 10.2. The number of nitrogens with zero attached hydrogens (tertiary/aromatic N) is 3. The number of aliphatic hydroxyl groups is 1. The van der Waals surface area contributed by atoms with Gasteiger partial charge >= 0.3 is 0 Å². The van der Waals surface area contributed by atoms with E-state index >= 15 is 0 Å². The maximum atomic E-state index is 14.8. The number of thioether (sulfide) groups is 1. The summed E-state index contributed by atoms with van der Waals surface area (Å²) >= 11 is 4.09. The largest absolute Gasteiger partial charge is 0.455 e. The molecule has 3 rings (SSSR count).